The highest BCUT2D eigenvalue weighted by molar-refractivity contribution is 6.05. The number of piperidine rings is 2. The molecule has 0 saturated carbocycles. The van der Waals surface area contributed by atoms with Gasteiger partial charge < -0.3 is 26.0 Å². The summed E-state index contributed by atoms with van der Waals surface area (Å²) in [6, 6.07) is 21.0. The van der Waals surface area contributed by atoms with Gasteiger partial charge >= 0.3 is 0 Å². The fraction of sp³-hybridized carbons (Fsp3) is 0.323. The number of aliphatic hydroxyl groups is 1. The molecular weight excluding hydrogens is 504 g/mol. The Kier molecular flexibility index (Phi) is 7.48. The number of aliphatic hydroxyl groups excluding tert-OH is 1. The highest BCUT2D eigenvalue weighted by Gasteiger charge is 2.18. The Labute approximate surface area is 233 Å². The summed E-state index contributed by atoms with van der Waals surface area (Å²) in [5.74, 6) is -0.226. The zero-order chi connectivity index (χ0) is 27.5. The van der Waals surface area contributed by atoms with E-state index in [9.17, 15) is 14.7 Å². The van der Waals surface area contributed by atoms with Crippen LogP contribution < -0.4 is 20.9 Å². The summed E-state index contributed by atoms with van der Waals surface area (Å²) >= 11 is 0. The highest BCUT2D eigenvalue weighted by Crippen LogP contribution is 2.24. The average Bonchev–Trinajstić information content (AvgIpc) is 3.41. The fourth-order valence-electron chi connectivity index (χ4n) is 5.46. The van der Waals surface area contributed by atoms with Crippen molar-refractivity contribution >= 4 is 34.1 Å². The van der Waals surface area contributed by atoms with E-state index in [1.807, 2.05) is 71.4 Å². The predicted molar refractivity (Wildman–Crippen MR) is 156 cm³/mol. The molecule has 206 valence electrons. The molecule has 40 heavy (non-hydrogen) atoms. The molecule has 2 aliphatic rings. The van der Waals surface area contributed by atoms with E-state index in [2.05, 4.69) is 25.9 Å². The van der Waals surface area contributed by atoms with Gasteiger partial charge in [0.15, 0.2) is 0 Å². The summed E-state index contributed by atoms with van der Waals surface area (Å²) in [4.78, 5) is 27.8. The number of carbonyl (C=O) groups is 2. The predicted octanol–water partition coefficient (Wildman–Crippen LogP) is 3.72. The van der Waals surface area contributed by atoms with Gasteiger partial charge in [0.1, 0.15) is 0 Å². The summed E-state index contributed by atoms with van der Waals surface area (Å²) in [6.07, 6.45) is 4.98. The Morgan fingerprint density at radius 1 is 0.825 bits per heavy atom. The van der Waals surface area contributed by atoms with Crippen LogP contribution in [0.3, 0.4) is 0 Å². The van der Waals surface area contributed by atoms with E-state index in [0.717, 1.165) is 74.1 Å². The standard InChI is InChI=1S/C31H34N6O3/c38-28-13-17-36(18-14-28)26-6-1-21(2-7-26)31(40)35-25-5-10-29-23(19-25)20-33-37(29)27-8-3-22(4-9-27)30(39)34-24-11-15-32-16-12-24/h1-10,19-20,24,28,32,38H,11-18H2,(H,34,39)(H,35,40). The number of aromatic nitrogens is 2. The van der Waals surface area contributed by atoms with E-state index in [4.69, 9.17) is 0 Å². The summed E-state index contributed by atoms with van der Waals surface area (Å²) in [5, 5.41) is 24.6. The lowest BCUT2D eigenvalue weighted by molar-refractivity contribution is 0.0929. The summed E-state index contributed by atoms with van der Waals surface area (Å²) < 4.78 is 1.83. The SMILES string of the molecule is O=C(Nc1ccc2c(cnn2-c2ccc(C(=O)NC3CCNCC3)cc2)c1)c1ccc(N2CCC(O)CC2)cc1. The molecule has 2 aliphatic heterocycles. The Balaban J connectivity index is 1.10. The molecule has 0 aliphatic carbocycles. The maximum atomic E-state index is 12.9. The summed E-state index contributed by atoms with van der Waals surface area (Å²) in [5.41, 5.74) is 4.73. The lowest BCUT2D eigenvalue weighted by atomic mass is 10.1. The molecule has 9 nitrogen and oxygen atoms in total. The minimum atomic E-state index is -0.214. The van der Waals surface area contributed by atoms with Gasteiger partial charge in [0, 0.05) is 47.0 Å². The van der Waals surface area contributed by atoms with Crippen molar-refractivity contribution in [3.8, 4) is 5.69 Å². The van der Waals surface area contributed by atoms with Crippen molar-refractivity contribution in [3.63, 3.8) is 0 Å². The van der Waals surface area contributed by atoms with Crippen LogP contribution >= 0.6 is 0 Å². The number of carbonyl (C=O) groups excluding carboxylic acids is 2. The van der Waals surface area contributed by atoms with E-state index in [0.29, 0.717) is 16.8 Å². The maximum Gasteiger partial charge on any atom is 0.255 e. The third-order valence-corrected chi connectivity index (χ3v) is 7.83. The topological polar surface area (TPSA) is 112 Å². The van der Waals surface area contributed by atoms with Gasteiger partial charge in [-0.1, -0.05) is 0 Å². The molecule has 2 fully saturated rings. The molecule has 3 heterocycles. The maximum absolute atomic E-state index is 12.9. The van der Waals surface area contributed by atoms with Crippen LogP contribution in [0.4, 0.5) is 11.4 Å². The largest absolute Gasteiger partial charge is 0.393 e. The monoisotopic (exact) mass is 538 g/mol. The normalized spacial score (nSPS) is 16.7. The van der Waals surface area contributed by atoms with Crippen molar-refractivity contribution in [1.29, 1.82) is 0 Å². The van der Waals surface area contributed by atoms with Crippen LogP contribution in [0.15, 0.2) is 72.9 Å². The molecule has 0 spiro atoms. The van der Waals surface area contributed by atoms with Crippen molar-refractivity contribution in [3.05, 3.63) is 84.1 Å². The lowest BCUT2D eigenvalue weighted by Crippen LogP contribution is -2.42. The quantitative estimate of drug-likeness (QED) is 0.298. The summed E-state index contributed by atoms with van der Waals surface area (Å²) in [7, 11) is 0. The van der Waals surface area contributed by atoms with Crippen LogP contribution in [0.5, 0.6) is 0 Å². The first kappa shape index (κ1) is 26.0. The van der Waals surface area contributed by atoms with Crippen LogP contribution in [-0.4, -0.2) is 65.0 Å². The second kappa shape index (κ2) is 11.5. The molecule has 2 amide bonds. The van der Waals surface area contributed by atoms with Crippen molar-refractivity contribution < 1.29 is 14.7 Å². The molecule has 1 aromatic heterocycles. The zero-order valence-corrected chi connectivity index (χ0v) is 22.3. The molecule has 0 radical (unpaired) electrons. The molecule has 4 N–H and O–H groups in total. The number of rotatable bonds is 6. The second-order valence-electron chi connectivity index (χ2n) is 10.6. The Morgan fingerprint density at radius 3 is 2.17 bits per heavy atom. The first-order chi connectivity index (χ1) is 19.5. The number of nitrogens with one attached hydrogen (secondary N) is 3. The Morgan fingerprint density at radius 2 is 1.48 bits per heavy atom. The average molecular weight is 539 g/mol. The fourth-order valence-corrected chi connectivity index (χ4v) is 5.46. The van der Waals surface area contributed by atoms with Gasteiger partial charge in [-0.3, -0.25) is 9.59 Å². The van der Waals surface area contributed by atoms with E-state index in [-0.39, 0.29) is 24.0 Å². The zero-order valence-electron chi connectivity index (χ0n) is 22.3. The summed E-state index contributed by atoms with van der Waals surface area (Å²) in [6.45, 7) is 3.50. The Hall–Kier alpha value is -4.21. The number of nitrogens with zero attached hydrogens (tertiary/aromatic N) is 3. The molecule has 6 rings (SSSR count). The number of hydrogen-bond acceptors (Lipinski definition) is 6. The number of amides is 2. The van der Waals surface area contributed by atoms with Gasteiger partial charge in [0.25, 0.3) is 11.8 Å². The highest BCUT2D eigenvalue weighted by atomic mass is 16.3. The molecule has 0 unspecified atom stereocenters. The van der Waals surface area contributed by atoms with Crippen molar-refractivity contribution in [2.45, 2.75) is 37.8 Å². The van der Waals surface area contributed by atoms with Gasteiger partial charge in [-0.15, -0.1) is 0 Å². The molecule has 0 bridgehead atoms. The van der Waals surface area contributed by atoms with Crippen molar-refractivity contribution in [2.24, 2.45) is 0 Å². The van der Waals surface area contributed by atoms with Crippen molar-refractivity contribution in [1.82, 2.24) is 20.4 Å². The van der Waals surface area contributed by atoms with Gasteiger partial charge in [-0.2, -0.15) is 5.10 Å². The van der Waals surface area contributed by atoms with Gasteiger partial charge in [0.05, 0.1) is 23.5 Å². The van der Waals surface area contributed by atoms with Crippen LogP contribution in [-0.2, 0) is 0 Å². The second-order valence-corrected chi connectivity index (χ2v) is 10.6. The number of hydrogen-bond donors (Lipinski definition) is 4. The first-order valence-electron chi connectivity index (χ1n) is 14.0. The minimum Gasteiger partial charge on any atom is -0.393 e. The van der Waals surface area contributed by atoms with Gasteiger partial charge in [-0.05, 0) is 106 Å². The molecule has 0 atom stereocenters. The third kappa shape index (κ3) is 5.71. The number of benzene rings is 3. The smallest absolute Gasteiger partial charge is 0.255 e. The van der Waals surface area contributed by atoms with Crippen LogP contribution in [0.1, 0.15) is 46.4 Å². The molecular formula is C31H34N6O3. The molecule has 2 saturated heterocycles. The van der Waals surface area contributed by atoms with E-state index in [1.165, 1.54) is 0 Å². The minimum absolute atomic E-state index is 0.0508. The first-order valence-corrected chi connectivity index (χ1v) is 14.0. The van der Waals surface area contributed by atoms with Crippen LogP contribution in [0.2, 0.25) is 0 Å². The molecule has 4 aromatic rings. The van der Waals surface area contributed by atoms with Crippen molar-refractivity contribution in [2.75, 3.05) is 36.4 Å². The number of anilines is 2. The molecule has 3 aromatic carbocycles. The third-order valence-electron chi connectivity index (χ3n) is 7.83. The lowest BCUT2D eigenvalue weighted by Gasteiger charge is -2.31. The van der Waals surface area contributed by atoms with Gasteiger partial charge in [-0.25, -0.2) is 4.68 Å². The van der Waals surface area contributed by atoms with E-state index >= 15 is 0 Å². The van der Waals surface area contributed by atoms with Crippen LogP contribution in [0.25, 0.3) is 16.6 Å². The van der Waals surface area contributed by atoms with Gasteiger partial charge in [0.2, 0.25) is 0 Å². The molecule has 9 heteroatoms. The van der Waals surface area contributed by atoms with E-state index < -0.39 is 0 Å². The van der Waals surface area contributed by atoms with E-state index in [1.54, 1.807) is 6.20 Å². The van der Waals surface area contributed by atoms with Crippen LogP contribution in [0, 0.1) is 0 Å². The number of fused-ring (bicyclic) bond motifs is 1. The Bertz CT molecular complexity index is 1480.